The van der Waals surface area contributed by atoms with Gasteiger partial charge in [-0.2, -0.15) is 0 Å². The fourth-order valence-electron chi connectivity index (χ4n) is 1.31. The lowest BCUT2D eigenvalue weighted by molar-refractivity contribution is -0.117. The first-order chi connectivity index (χ1) is 5.90. The Balaban J connectivity index is 2.58. The van der Waals surface area contributed by atoms with E-state index in [9.17, 15) is 4.79 Å². The van der Waals surface area contributed by atoms with Gasteiger partial charge in [0, 0.05) is 11.5 Å². The van der Waals surface area contributed by atoms with Crippen molar-refractivity contribution in [3.63, 3.8) is 0 Å². The number of carbonyl (C=O) groups is 1. The first-order valence-corrected chi connectivity index (χ1v) is 4.81. The molecule has 2 heteroatoms. The van der Waals surface area contributed by atoms with Gasteiger partial charge in [-0.3, -0.25) is 4.79 Å². The van der Waals surface area contributed by atoms with Crippen LogP contribution in [0, 0.1) is 5.92 Å². The normalized spacial score (nSPS) is 26.9. The maximum absolute atomic E-state index is 11.5. The Hall–Kier alpha value is -0.790. The lowest BCUT2D eigenvalue weighted by Crippen LogP contribution is -2.16. The number of hydrogen-bond acceptors (Lipinski definition) is 2. The van der Waals surface area contributed by atoms with Crippen LogP contribution in [0.5, 0.6) is 0 Å². The molecule has 0 aromatic rings. The number of ether oxygens (including phenoxy) is 1. The third-order valence-corrected chi connectivity index (χ3v) is 2.17. The second-order valence-corrected chi connectivity index (χ2v) is 4.68. The maximum Gasteiger partial charge on any atom is 0.164 e. The molecule has 1 unspecified atom stereocenters. The molecule has 0 N–H and O–H groups in total. The summed E-state index contributed by atoms with van der Waals surface area (Å²) in [5.41, 5.74) is 0.654. The van der Waals surface area contributed by atoms with E-state index in [1.54, 1.807) is 6.26 Å². The predicted molar refractivity (Wildman–Crippen MR) is 52.3 cm³/mol. The van der Waals surface area contributed by atoms with Gasteiger partial charge in [-0.25, -0.2) is 0 Å². The molecular weight excluding hydrogens is 164 g/mol. The van der Waals surface area contributed by atoms with Crippen LogP contribution in [0.25, 0.3) is 0 Å². The first kappa shape index (κ1) is 10.3. The molecule has 1 aliphatic carbocycles. The highest BCUT2D eigenvalue weighted by Gasteiger charge is 2.26. The summed E-state index contributed by atoms with van der Waals surface area (Å²) in [6.45, 7) is 7.91. The fourth-order valence-corrected chi connectivity index (χ4v) is 1.31. The summed E-state index contributed by atoms with van der Waals surface area (Å²) >= 11 is 0. The second kappa shape index (κ2) is 3.52. The molecule has 1 fully saturated rings. The minimum absolute atomic E-state index is 0.190. The van der Waals surface area contributed by atoms with Crippen molar-refractivity contribution >= 4 is 5.78 Å². The van der Waals surface area contributed by atoms with Gasteiger partial charge in [-0.1, -0.05) is 6.92 Å². The minimum atomic E-state index is -0.195. The van der Waals surface area contributed by atoms with E-state index >= 15 is 0 Å². The molecule has 1 saturated carbocycles. The number of ketones is 1. The predicted octanol–water partition coefficient (Wildman–Crippen LogP) is 2.68. The van der Waals surface area contributed by atoms with Crippen molar-refractivity contribution in [1.29, 1.82) is 0 Å². The van der Waals surface area contributed by atoms with Gasteiger partial charge in [0.1, 0.15) is 0 Å². The van der Waals surface area contributed by atoms with E-state index < -0.39 is 0 Å². The molecule has 13 heavy (non-hydrogen) atoms. The van der Waals surface area contributed by atoms with Gasteiger partial charge >= 0.3 is 0 Å². The quantitative estimate of drug-likeness (QED) is 0.460. The molecule has 0 aromatic carbocycles. The van der Waals surface area contributed by atoms with Gasteiger partial charge in [0.25, 0.3) is 0 Å². The number of allylic oxidation sites excluding steroid dienone is 1. The molecule has 1 rings (SSSR count). The molecule has 74 valence electrons. The van der Waals surface area contributed by atoms with Crippen molar-refractivity contribution in [2.24, 2.45) is 5.92 Å². The summed E-state index contributed by atoms with van der Waals surface area (Å²) in [5, 5.41) is 0. The third-order valence-electron chi connectivity index (χ3n) is 2.17. The zero-order valence-corrected chi connectivity index (χ0v) is 8.89. The van der Waals surface area contributed by atoms with E-state index in [1.807, 2.05) is 27.7 Å². The first-order valence-electron chi connectivity index (χ1n) is 4.81. The monoisotopic (exact) mass is 182 g/mol. The molecule has 1 atom stereocenters. The second-order valence-electron chi connectivity index (χ2n) is 4.68. The van der Waals surface area contributed by atoms with Crippen LogP contribution in [0.1, 0.15) is 40.5 Å². The third kappa shape index (κ3) is 2.87. The minimum Gasteiger partial charge on any atom is -0.495 e. The summed E-state index contributed by atoms with van der Waals surface area (Å²) in [7, 11) is 0. The van der Waals surface area contributed by atoms with Gasteiger partial charge in [-0.05, 0) is 33.6 Å². The van der Waals surface area contributed by atoms with E-state index in [1.165, 1.54) is 0 Å². The highest BCUT2D eigenvalue weighted by atomic mass is 16.5. The molecule has 0 radical (unpaired) electrons. The standard InChI is InChI=1S/C11H18O2/c1-8-5-6-9(10(8)12)7-13-11(2,3)4/h7-8H,5-6H2,1-4H3/b9-7+. The Morgan fingerprint density at radius 3 is 2.46 bits per heavy atom. The van der Waals surface area contributed by atoms with Crippen molar-refractivity contribution in [3.05, 3.63) is 11.8 Å². The smallest absolute Gasteiger partial charge is 0.164 e. The van der Waals surface area contributed by atoms with Gasteiger partial charge in [0.15, 0.2) is 5.78 Å². The van der Waals surface area contributed by atoms with Crippen LogP contribution in [0.2, 0.25) is 0 Å². The average molecular weight is 182 g/mol. The number of carbonyl (C=O) groups excluding carboxylic acids is 1. The molecule has 0 amide bonds. The largest absolute Gasteiger partial charge is 0.495 e. The van der Waals surface area contributed by atoms with Gasteiger partial charge < -0.3 is 4.74 Å². The lowest BCUT2D eigenvalue weighted by atomic mass is 10.1. The summed E-state index contributed by atoms with van der Waals surface area (Å²) in [6.07, 6.45) is 3.49. The van der Waals surface area contributed by atoms with Crippen LogP contribution >= 0.6 is 0 Å². The molecule has 0 saturated heterocycles. The Bertz CT molecular complexity index is 233. The zero-order valence-electron chi connectivity index (χ0n) is 8.89. The topological polar surface area (TPSA) is 26.3 Å². The molecule has 0 bridgehead atoms. The van der Waals surface area contributed by atoms with E-state index in [2.05, 4.69) is 0 Å². The Morgan fingerprint density at radius 2 is 2.08 bits per heavy atom. The van der Waals surface area contributed by atoms with Crippen LogP contribution in [0.4, 0.5) is 0 Å². The Kier molecular flexibility index (Phi) is 2.79. The van der Waals surface area contributed by atoms with Crippen molar-refractivity contribution in [1.82, 2.24) is 0 Å². The summed E-state index contributed by atoms with van der Waals surface area (Å²) in [6, 6.07) is 0. The van der Waals surface area contributed by atoms with Gasteiger partial charge in [-0.15, -0.1) is 0 Å². The Labute approximate surface area is 80.0 Å². The Morgan fingerprint density at radius 1 is 1.46 bits per heavy atom. The summed E-state index contributed by atoms with van der Waals surface area (Å²) in [5.74, 6) is 0.444. The van der Waals surface area contributed by atoms with Gasteiger partial charge in [0.2, 0.25) is 0 Å². The van der Waals surface area contributed by atoms with Crippen molar-refractivity contribution in [2.45, 2.75) is 46.1 Å². The zero-order chi connectivity index (χ0) is 10.1. The van der Waals surface area contributed by atoms with Crippen molar-refractivity contribution < 1.29 is 9.53 Å². The van der Waals surface area contributed by atoms with Crippen LogP contribution in [0.3, 0.4) is 0 Å². The fraction of sp³-hybridized carbons (Fsp3) is 0.727. The van der Waals surface area contributed by atoms with E-state index in [4.69, 9.17) is 4.74 Å². The average Bonchev–Trinajstić information content (AvgIpc) is 2.29. The maximum atomic E-state index is 11.5. The van der Waals surface area contributed by atoms with Crippen LogP contribution < -0.4 is 0 Å². The van der Waals surface area contributed by atoms with Crippen LogP contribution in [-0.2, 0) is 9.53 Å². The lowest BCUT2D eigenvalue weighted by Gasteiger charge is -2.18. The van der Waals surface area contributed by atoms with E-state index in [-0.39, 0.29) is 17.3 Å². The van der Waals surface area contributed by atoms with Crippen LogP contribution in [0.15, 0.2) is 11.8 Å². The molecule has 0 spiro atoms. The number of hydrogen-bond donors (Lipinski definition) is 0. The van der Waals surface area contributed by atoms with Gasteiger partial charge in [0.05, 0.1) is 11.9 Å². The highest BCUT2D eigenvalue weighted by molar-refractivity contribution is 5.98. The highest BCUT2D eigenvalue weighted by Crippen LogP contribution is 2.26. The molecule has 0 heterocycles. The van der Waals surface area contributed by atoms with E-state index in [0.29, 0.717) is 0 Å². The van der Waals surface area contributed by atoms with E-state index in [0.717, 1.165) is 18.4 Å². The number of rotatable bonds is 1. The summed E-state index contributed by atoms with van der Waals surface area (Å²) < 4.78 is 5.45. The molecule has 0 aromatic heterocycles. The number of Topliss-reactive ketones (excluding diaryl/α,β-unsaturated/α-hetero) is 1. The molecule has 0 aliphatic heterocycles. The molecular formula is C11H18O2. The molecule has 2 nitrogen and oxygen atoms in total. The van der Waals surface area contributed by atoms with Crippen LogP contribution in [-0.4, -0.2) is 11.4 Å². The van der Waals surface area contributed by atoms with Crippen molar-refractivity contribution in [3.8, 4) is 0 Å². The molecule has 1 aliphatic rings. The SMILES string of the molecule is CC1CC/C(=C\OC(C)(C)C)C1=O. The van der Waals surface area contributed by atoms with Crippen molar-refractivity contribution in [2.75, 3.05) is 0 Å². The summed E-state index contributed by atoms with van der Waals surface area (Å²) in [4.78, 5) is 11.5.